The van der Waals surface area contributed by atoms with Gasteiger partial charge in [-0.25, -0.2) is 4.79 Å². The summed E-state index contributed by atoms with van der Waals surface area (Å²) < 4.78 is 19.6. The lowest BCUT2D eigenvalue weighted by molar-refractivity contribution is -0.180. The van der Waals surface area contributed by atoms with E-state index in [9.17, 15) is 30.0 Å². The van der Waals surface area contributed by atoms with E-state index in [1.54, 1.807) is 27.7 Å². The van der Waals surface area contributed by atoms with Crippen molar-refractivity contribution in [3.05, 3.63) is 23.3 Å². The molecular formula is C49H79N3O10S2. The van der Waals surface area contributed by atoms with Gasteiger partial charge in [-0.1, -0.05) is 54.3 Å². The van der Waals surface area contributed by atoms with E-state index in [0.717, 1.165) is 49.8 Å². The topological polar surface area (TPSA) is 196 Å². The van der Waals surface area contributed by atoms with E-state index >= 15 is 4.79 Å². The van der Waals surface area contributed by atoms with Crippen LogP contribution in [0.3, 0.4) is 0 Å². The van der Waals surface area contributed by atoms with Gasteiger partial charge in [0.2, 0.25) is 5.91 Å². The molecule has 0 unspecified atom stereocenters. The first kappa shape index (κ1) is 51.1. The number of aliphatic hydroxyl groups is 3. The summed E-state index contributed by atoms with van der Waals surface area (Å²) in [7, 11) is 3.29. The Labute approximate surface area is 389 Å². The number of piperidine rings is 2. The molecular weight excluding hydrogens is 855 g/mol. The minimum absolute atomic E-state index is 0.0306. The minimum atomic E-state index is -1.14. The van der Waals surface area contributed by atoms with Crippen molar-refractivity contribution in [2.45, 2.75) is 179 Å². The van der Waals surface area contributed by atoms with Crippen LogP contribution in [0.1, 0.15) is 142 Å². The fraction of sp³-hybridized carbons (Fsp3) is 0.816. The van der Waals surface area contributed by atoms with Crippen LogP contribution >= 0.6 is 21.6 Å². The summed E-state index contributed by atoms with van der Waals surface area (Å²) in [4.78, 5) is 41.6. The van der Waals surface area contributed by atoms with Crippen LogP contribution in [-0.2, 0) is 36.7 Å². The zero-order valence-electron chi connectivity index (χ0n) is 39.0. The van der Waals surface area contributed by atoms with E-state index in [2.05, 4.69) is 29.8 Å². The lowest BCUT2D eigenvalue weighted by Crippen LogP contribution is -2.65. The van der Waals surface area contributed by atoms with Crippen molar-refractivity contribution >= 4 is 39.4 Å². The number of aromatic hydroxyl groups is 1. The van der Waals surface area contributed by atoms with Gasteiger partial charge in [-0.2, -0.15) is 0 Å². The molecule has 0 radical (unpaired) electrons. The highest BCUT2D eigenvalue weighted by molar-refractivity contribution is 8.76. The standard InChI is InChI=1S/C49H79N3O10S2/c1-32(2)8-7-22-51-39-30-63-64-31-47(4,59)19-16-35(10-13-40(39)55)42(61-33(3)54)27-43(62-46(58)49-18-6-5-9-37(49)12-15-44(57)52-49)48(20-23-50-24-21-48)28-36-11-14-41(56)45-38(36)26-34(17-25-53)29-60-45/h11,14,32,34-35,37,39-40,42-43,50-51,53,55-56,59H,5-10,12-13,15-31H2,1-4H3,(H,52,57)/t34-,35+,37+,39-,40-,42+,43-,47+,49+/m1/s1. The summed E-state index contributed by atoms with van der Waals surface area (Å²) >= 11 is 0. The number of amides is 1. The van der Waals surface area contributed by atoms with E-state index in [4.69, 9.17) is 14.2 Å². The molecule has 64 heavy (non-hydrogen) atoms. The van der Waals surface area contributed by atoms with Crippen molar-refractivity contribution in [2.75, 3.05) is 44.4 Å². The predicted octanol–water partition coefficient (Wildman–Crippen LogP) is 6.39. The average molecular weight is 934 g/mol. The highest BCUT2D eigenvalue weighted by Crippen LogP contribution is 2.48. The third kappa shape index (κ3) is 13.5. The summed E-state index contributed by atoms with van der Waals surface area (Å²) in [5.41, 5.74) is -0.895. The zero-order chi connectivity index (χ0) is 45.9. The molecule has 362 valence electrons. The molecule has 0 bridgehead atoms. The summed E-state index contributed by atoms with van der Waals surface area (Å²) in [5.74, 6) is 1.05. The Bertz CT molecular complexity index is 1690. The summed E-state index contributed by atoms with van der Waals surface area (Å²) in [5, 5.41) is 54.7. The number of hydrogen-bond acceptors (Lipinski definition) is 14. The second-order valence-electron chi connectivity index (χ2n) is 20.6. The molecule has 15 heteroatoms. The number of benzene rings is 1. The van der Waals surface area contributed by atoms with Crippen LogP contribution in [0.2, 0.25) is 0 Å². The van der Waals surface area contributed by atoms with Crippen LogP contribution in [-0.4, -0.2) is 118 Å². The number of aliphatic hydroxyl groups excluding tert-OH is 2. The fourth-order valence-electron chi connectivity index (χ4n) is 11.3. The lowest BCUT2D eigenvalue weighted by Gasteiger charge is -2.49. The SMILES string of the molecule is CC(=O)O[C@@H](C[C@@H](OC(=O)[C@]12CCCC[C@H]1CCC(=O)N2)C1(Cc2ccc(O)c3c2C[C@@H](CCO)CO3)CCNCC1)[C@H]1CC[C@@H](O)[C@H](NCCCC(C)C)CSSC[C@@](C)(O)CC1. The lowest BCUT2D eigenvalue weighted by atomic mass is 9.66. The van der Waals surface area contributed by atoms with Gasteiger partial charge in [-0.15, -0.1) is 0 Å². The molecule has 4 aliphatic heterocycles. The maximum absolute atomic E-state index is 15.2. The Morgan fingerprint density at radius 1 is 1.03 bits per heavy atom. The van der Waals surface area contributed by atoms with Crippen molar-refractivity contribution in [3.8, 4) is 11.5 Å². The largest absolute Gasteiger partial charge is 0.504 e. The molecule has 1 aromatic rings. The van der Waals surface area contributed by atoms with Gasteiger partial charge in [-0.05, 0) is 152 Å². The van der Waals surface area contributed by atoms with Crippen LogP contribution in [0.5, 0.6) is 11.5 Å². The fourth-order valence-corrected chi connectivity index (χ4v) is 14.1. The first-order valence-electron chi connectivity index (χ1n) is 24.5. The Hall–Kier alpha value is -2.27. The molecule has 0 spiro atoms. The molecule has 1 amide bonds. The van der Waals surface area contributed by atoms with Crippen LogP contribution < -0.4 is 20.7 Å². The van der Waals surface area contributed by atoms with Crippen LogP contribution in [0.4, 0.5) is 0 Å². The number of rotatable bonds is 16. The summed E-state index contributed by atoms with van der Waals surface area (Å²) in [6, 6.07) is 3.47. The smallest absolute Gasteiger partial charge is 0.332 e. The molecule has 4 fully saturated rings. The van der Waals surface area contributed by atoms with E-state index in [1.807, 2.05) is 13.0 Å². The second kappa shape index (κ2) is 23.6. The molecule has 1 aromatic carbocycles. The van der Waals surface area contributed by atoms with Gasteiger partial charge in [0, 0.05) is 54.9 Å². The first-order chi connectivity index (χ1) is 30.6. The maximum atomic E-state index is 15.2. The first-order valence-corrected chi connectivity index (χ1v) is 27.0. The van der Waals surface area contributed by atoms with E-state index in [0.29, 0.717) is 120 Å². The number of esters is 2. The molecule has 4 heterocycles. The highest BCUT2D eigenvalue weighted by atomic mass is 33.1. The summed E-state index contributed by atoms with van der Waals surface area (Å²) in [6.45, 7) is 10.3. The van der Waals surface area contributed by atoms with Crippen molar-refractivity contribution in [1.82, 2.24) is 16.0 Å². The van der Waals surface area contributed by atoms with Gasteiger partial charge in [-0.3, -0.25) is 9.59 Å². The van der Waals surface area contributed by atoms with Crippen molar-refractivity contribution < 1.29 is 49.0 Å². The molecule has 6 rings (SSSR count). The van der Waals surface area contributed by atoms with E-state index in [-0.39, 0.29) is 48.5 Å². The van der Waals surface area contributed by atoms with Gasteiger partial charge in [0.25, 0.3) is 0 Å². The monoisotopic (exact) mass is 934 g/mol. The zero-order valence-corrected chi connectivity index (χ0v) is 40.6. The molecule has 9 atom stereocenters. The van der Waals surface area contributed by atoms with E-state index < -0.39 is 46.8 Å². The molecule has 3 saturated heterocycles. The number of hydrogen-bond donors (Lipinski definition) is 7. The van der Waals surface area contributed by atoms with Crippen molar-refractivity contribution in [3.63, 3.8) is 0 Å². The van der Waals surface area contributed by atoms with Crippen LogP contribution in [0.15, 0.2) is 12.1 Å². The Morgan fingerprint density at radius 2 is 1.83 bits per heavy atom. The number of phenolic OH excluding ortho intramolecular Hbond substituents is 1. The van der Waals surface area contributed by atoms with Crippen molar-refractivity contribution in [1.29, 1.82) is 0 Å². The molecule has 1 aliphatic carbocycles. The van der Waals surface area contributed by atoms with Gasteiger partial charge < -0.3 is 50.6 Å². The third-order valence-electron chi connectivity index (χ3n) is 15.1. The predicted molar refractivity (Wildman–Crippen MR) is 252 cm³/mol. The quantitative estimate of drug-likeness (QED) is 0.0548. The molecule has 1 saturated carbocycles. The molecule has 5 aliphatic rings. The normalized spacial score (nSPS) is 31.1. The van der Waals surface area contributed by atoms with Crippen LogP contribution in [0.25, 0.3) is 0 Å². The number of fused-ring (bicyclic) bond motifs is 2. The Balaban J connectivity index is 1.38. The molecule has 13 nitrogen and oxygen atoms in total. The third-order valence-corrected chi connectivity index (χ3v) is 17.8. The van der Waals surface area contributed by atoms with Gasteiger partial charge >= 0.3 is 11.9 Å². The Kier molecular flexibility index (Phi) is 18.9. The second-order valence-corrected chi connectivity index (χ2v) is 23.1. The minimum Gasteiger partial charge on any atom is -0.504 e. The van der Waals surface area contributed by atoms with Gasteiger partial charge in [0.15, 0.2) is 11.5 Å². The number of ether oxygens (including phenoxy) is 3. The molecule has 0 aromatic heterocycles. The number of carbonyl (C=O) groups excluding carboxylic acids is 3. The van der Waals surface area contributed by atoms with Gasteiger partial charge in [0.05, 0.1) is 18.3 Å². The Morgan fingerprint density at radius 3 is 2.58 bits per heavy atom. The maximum Gasteiger partial charge on any atom is 0.332 e. The number of nitrogens with one attached hydrogen (secondary N) is 3. The van der Waals surface area contributed by atoms with E-state index in [1.165, 1.54) is 6.92 Å². The number of carbonyl (C=O) groups is 3. The van der Waals surface area contributed by atoms with Crippen LogP contribution in [0, 0.1) is 29.1 Å². The van der Waals surface area contributed by atoms with Crippen molar-refractivity contribution in [2.24, 2.45) is 29.1 Å². The average Bonchev–Trinajstić information content (AvgIpc) is 3.26. The summed E-state index contributed by atoms with van der Waals surface area (Å²) in [6.07, 6.45) is 9.28. The molecule has 7 N–H and O–H groups in total. The van der Waals surface area contributed by atoms with Gasteiger partial charge in [0.1, 0.15) is 17.7 Å². The number of phenols is 1. The highest BCUT2D eigenvalue weighted by Gasteiger charge is 2.54.